The minimum atomic E-state index is -0.112. The zero-order valence-electron chi connectivity index (χ0n) is 17.3. The first-order valence-corrected chi connectivity index (χ1v) is 10.6. The molecule has 2 amide bonds. The van der Waals surface area contributed by atoms with Crippen molar-refractivity contribution in [3.8, 4) is 0 Å². The van der Waals surface area contributed by atoms with Gasteiger partial charge in [-0.3, -0.25) is 9.59 Å². The second-order valence-electron chi connectivity index (χ2n) is 8.11. The third-order valence-corrected chi connectivity index (χ3v) is 5.80. The average Bonchev–Trinajstić information content (AvgIpc) is 3.26. The van der Waals surface area contributed by atoms with Crippen molar-refractivity contribution in [3.63, 3.8) is 0 Å². The third kappa shape index (κ3) is 5.05. The summed E-state index contributed by atoms with van der Waals surface area (Å²) in [6.45, 7) is 4.32. The molecule has 1 aromatic heterocycles. The van der Waals surface area contributed by atoms with Gasteiger partial charge in [-0.25, -0.2) is 0 Å². The van der Waals surface area contributed by atoms with Crippen molar-refractivity contribution in [1.29, 1.82) is 0 Å². The van der Waals surface area contributed by atoms with Gasteiger partial charge in [-0.2, -0.15) is 4.98 Å². The van der Waals surface area contributed by atoms with E-state index in [1.54, 1.807) is 0 Å². The number of nitrogens with one attached hydrogen (secondary N) is 1. The van der Waals surface area contributed by atoms with E-state index in [1.165, 1.54) is 6.92 Å². The number of ether oxygens (including phenoxy) is 1. The Labute approximate surface area is 176 Å². The highest BCUT2D eigenvalue weighted by atomic mass is 16.5. The molecular formula is C22H28N4O4. The minimum Gasteiger partial charge on any atom is -0.381 e. The van der Waals surface area contributed by atoms with Gasteiger partial charge >= 0.3 is 0 Å². The van der Waals surface area contributed by atoms with Crippen LogP contribution in [0.5, 0.6) is 0 Å². The van der Waals surface area contributed by atoms with Crippen LogP contribution in [0.1, 0.15) is 61.7 Å². The molecule has 2 aromatic rings. The van der Waals surface area contributed by atoms with Crippen molar-refractivity contribution < 1.29 is 18.8 Å². The lowest BCUT2D eigenvalue weighted by Gasteiger charge is -2.31. The van der Waals surface area contributed by atoms with Crippen LogP contribution >= 0.6 is 0 Å². The number of aromatic nitrogens is 2. The highest BCUT2D eigenvalue weighted by molar-refractivity contribution is 5.88. The molecule has 1 atom stereocenters. The summed E-state index contributed by atoms with van der Waals surface area (Å²) in [4.78, 5) is 30.5. The van der Waals surface area contributed by atoms with Crippen molar-refractivity contribution in [1.82, 2.24) is 15.0 Å². The van der Waals surface area contributed by atoms with Gasteiger partial charge in [0.2, 0.25) is 17.7 Å². The van der Waals surface area contributed by atoms with Gasteiger partial charge in [0.15, 0.2) is 5.82 Å². The molecule has 30 heavy (non-hydrogen) atoms. The Morgan fingerprint density at radius 3 is 2.63 bits per heavy atom. The summed E-state index contributed by atoms with van der Waals surface area (Å²) >= 11 is 0. The predicted molar refractivity (Wildman–Crippen MR) is 110 cm³/mol. The Bertz CT molecular complexity index is 874. The standard InChI is InChI=1S/C22H28N4O4/c1-15(27)23-19-6-4-16(5-7-19)13-20(28)26-10-2-3-18(14-26)22-24-21(25-30-22)17-8-11-29-12-9-17/h4-7,17-18H,2-3,8-14H2,1H3,(H,23,27). The summed E-state index contributed by atoms with van der Waals surface area (Å²) in [6, 6.07) is 7.39. The Morgan fingerprint density at radius 2 is 1.90 bits per heavy atom. The van der Waals surface area contributed by atoms with Crippen LogP contribution in [0.3, 0.4) is 0 Å². The van der Waals surface area contributed by atoms with Gasteiger partial charge in [-0.1, -0.05) is 17.3 Å². The molecule has 0 saturated carbocycles. The minimum absolute atomic E-state index is 0.0888. The fraction of sp³-hybridized carbons (Fsp3) is 0.545. The van der Waals surface area contributed by atoms with Crippen LogP contribution in [0.4, 0.5) is 5.69 Å². The highest BCUT2D eigenvalue weighted by Crippen LogP contribution is 2.29. The normalized spacial score (nSPS) is 20.2. The fourth-order valence-electron chi connectivity index (χ4n) is 4.14. The molecule has 2 aliphatic heterocycles. The van der Waals surface area contributed by atoms with E-state index >= 15 is 0 Å². The summed E-state index contributed by atoms with van der Waals surface area (Å²) in [5, 5.41) is 6.94. The summed E-state index contributed by atoms with van der Waals surface area (Å²) in [5.41, 5.74) is 1.66. The maximum atomic E-state index is 12.8. The van der Waals surface area contributed by atoms with Crippen LogP contribution < -0.4 is 5.32 Å². The third-order valence-electron chi connectivity index (χ3n) is 5.80. The molecule has 0 aliphatic carbocycles. The van der Waals surface area contributed by atoms with Gasteiger partial charge in [0.05, 0.1) is 12.3 Å². The number of likely N-dealkylation sites (tertiary alicyclic amines) is 1. The van der Waals surface area contributed by atoms with E-state index in [9.17, 15) is 9.59 Å². The van der Waals surface area contributed by atoms with Gasteiger partial charge in [0.25, 0.3) is 0 Å². The zero-order valence-corrected chi connectivity index (χ0v) is 17.3. The summed E-state index contributed by atoms with van der Waals surface area (Å²) in [5.74, 6) is 1.80. The van der Waals surface area contributed by atoms with E-state index in [2.05, 4.69) is 15.5 Å². The number of hydrogen-bond acceptors (Lipinski definition) is 6. The second-order valence-corrected chi connectivity index (χ2v) is 8.11. The first kappa shape index (κ1) is 20.5. The molecule has 8 nitrogen and oxygen atoms in total. The van der Waals surface area contributed by atoms with E-state index in [-0.39, 0.29) is 17.7 Å². The van der Waals surface area contributed by atoms with Gasteiger partial charge < -0.3 is 19.5 Å². The molecule has 4 rings (SSSR count). The topological polar surface area (TPSA) is 97.6 Å². The number of nitrogens with zero attached hydrogens (tertiary/aromatic N) is 3. The molecule has 2 saturated heterocycles. The van der Waals surface area contributed by atoms with Crippen LogP contribution in [-0.4, -0.2) is 53.2 Å². The zero-order chi connectivity index (χ0) is 20.9. The quantitative estimate of drug-likeness (QED) is 0.811. The van der Waals surface area contributed by atoms with E-state index < -0.39 is 0 Å². The summed E-state index contributed by atoms with van der Waals surface area (Å²) in [7, 11) is 0. The van der Waals surface area contributed by atoms with E-state index in [0.717, 1.165) is 62.5 Å². The molecule has 1 N–H and O–H groups in total. The molecule has 0 spiro atoms. The number of carbonyl (C=O) groups excluding carboxylic acids is 2. The SMILES string of the molecule is CC(=O)Nc1ccc(CC(=O)N2CCCC(c3nc(C4CCOCC4)no3)C2)cc1. The van der Waals surface area contributed by atoms with Gasteiger partial charge in [-0.15, -0.1) is 0 Å². The molecule has 0 bridgehead atoms. The molecule has 0 radical (unpaired) electrons. The van der Waals surface area contributed by atoms with Crippen LogP contribution in [0.2, 0.25) is 0 Å². The average molecular weight is 412 g/mol. The number of rotatable bonds is 5. The van der Waals surface area contributed by atoms with E-state index in [4.69, 9.17) is 9.26 Å². The van der Waals surface area contributed by atoms with Crippen LogP contribution in [0.15, 0.2) is 28.8 Å². The van der Waals surface area contributed by atoms with Crippen LogP contribution in [0, 0.1) is 0 Å². The van der Waals surface area contributed by atoms with Gasteiger partial charge in [-0.05, 0) is 43.4 Å². The lowest BCUT2D eigenvalue weighted by atomic mass is 9.96. The van der Waals surface area contributed by atoms with E-state index in [1.807, 2.05) is 29.2 Å². The van der Waals surface area contributed by atoms with Crippen LogP contribution in [0.25, 0.3) is 0 Å². The first-order valence-electron chi connectivity index (χ1n) is 10.6. The van der Waals surface area contributed by atoms with Gasteiger partial charge in [0.1, 0.15) is 0 Å². The number of benzene rings is 1. The van der Waals surface area contributed by atoms with Crippen molar-refractivity contribution in [2.75, 3.05) is 31.6 Å². The first-order chi connectivity index (χ1) is 14.6. The second kappa shape index (κ2) is 9.38. The van der Waals surface area contributed by atoms with E-state index in [0.29, 0.717) is 24.8 Å². The maximum absolute atomic E-state index is 12.8. The number of hydrogen-bond donors (Lipinski definition) is 1. The molecule has 2 aliphatic rings. The largest absolute Gasteiger partial charge is 0.381 e. The Morgan fingerprint density at radius 1 is 1.13 bits per heavy atom. The molecule has 160 valence electrons. The summed E-state index contributed by atoms with van der Waals surface area (Å²) in [6.07, 6.45) is 4.06. The Kier molecular flexibility index (Phi) is 6.42. The predicted octanol–water partition coefficient (Wildman–Crippen LogP) is 2.87. The maximum Gasteiger partial charge on any atom is 0.231 e. The smallest absolute Gasteiger partial charge is 0.231 e. The summed E-state index contributed by atoms with van der Waals surface area (Å²) < 4.78 is 11.0. The molecular weight excluding hydrogens is 384 g/mol. The lowest BCUT2D eigenvalue weighted by molar-refractivity contribution is -0.131. The van der Waals surface area contributed by atoms with Gasteiger partial charge in [0, 0.05) is 44.8 Å². The Balaban J connectivity index is 1.34. The Hall–Kier alpha value is -2.74. The monoisotopic (exact) mass is 412 g/mol. The molecule has 3 heterocycles. The molecule has 8 heteroatoms. The lowest BCUT2D eigenvalue weighted by Crippen LogP contribution is -2.40. The van der Waals surface area contributed by atoms with Crippen molar-refractivity contribution in [3.05, 3.63) is 41.5 Å². The molecule has 1 aromatic carbocycles. The van der Waals surface area contributed by atoms with Crippen LogP contribution in [-0.2, 0) is 20.7 Å². The fourth-order valence-corrected chi connectivity index (χ4v) is 4.14. The number of carbonyl (C=O) groups is 2. The number of anilines is 1. The highest BCUT2D eigenvalue weighted by Gasteiger charge is 2.30. The number of piperidine rings is 1. The molecule has 1 unspecified atom stereocenters. The van der Waals surface area contributed by atoms with Crippen molar-refractivity contribution in [2.45, 2.75) is 50.9 Å². The van der Waals surface area contributed by atoms with Crippen molar-refractivity contribution in [2.24, 2.45) is 0 Å². The number of amides is 2. The van der Waals surface area contributed by atoms with Crippen molar-refractivity contribution >= 4 is 17.5 Å². The molecule has 2 fully saturated rings.